The van der Waals surface area contributed by atoms with Gasteiger partial charge in [-0.1, -0.05) is 11.6 Å². The highest BCUT2D eigenvalue weighted by Crippen LogP contribution is 2.42. The van der Waals surface area contributed by atoms with Crippen LogP contribution in [0.25, 0.3) is 11.3 Å². The molecule has 0 aliphatic carbocycles. The van der Waals surface area contributed by atoms with Crippen molar-refractivity contribution in [3.05, 3.63) is 90.5 Å². The van der Waals surface area contributed by atoms with E-state index in [1.807, 2.05) is 6.07 Å². The minimum absolute atomic E-state index is 0.0234. The number of halogens is 1. The van der Waals surface area contributed by atoms with Crippen LogP contribution in [0, 0.1) is 28.4 Å². The Morgan fingerprint density at radius 2 is 2.00 bits per heavy atom. The van der Waals surface area contributed by atoms with Crippen molar-refractivity contribution in [3.8, 4) is 23.1 Å². The van der Waals surface area contributed by atoms with E-state index in [1.165, 1.54) is 36.4 Å². The summed E-state index contributed by atoms with van der Waals surface area (Å²) >= 11 is 6.18. The zero-order valence-corrected chi connectivity index (χ0v) is 16.1. The number of nitrogens with two attached hydrogens (primary N) is 1. The quantitative estimate of drug-likeness (QED) is 0.489. The van der Waals surface area contributed by atoms with E-state index in [0.717, 1.165) is 0 Å². The molecule has 1 aliphatic heterocycles. The van der Waals surface area contributed by atoms with Gasteiger partial charge in [-0.15, -0.1) is 0 Å². The molecule has 4 rings (SSSR count). The number of furan rings is 1. The highest BCUT2D eigenvalue weighted by Gasteiger charge is 2.36. The lowest BCUT2D eigenvalue weighted by Crippen LogP contribution is -2.26. The summed E-state index contributed by atoms with van der Waals surface area (Å²) in [4.78, 5) is 23.1. The molecule has 3 aromatic rings. The van der Waals surface area contributed by atoms with E-state index >= 15 is 0 Å². The van der Waals surface area contributed by atoms with Gasteiger partial charge in [0.15, 0.2) is 0 Å². The van der Waals surface area contributed by atoms with Gasteiger partial charge in [0.2, 0.25) is 5.88 Å². The number of hydrogen-bond acceptors (Lipinski definition) is 8. The molecule has 0 spiro atoms. The molecule has 1 aliphatic rings. The Morgan fingerprint density at radius 3 is 2.70 bits per heavy atom. The van der Waals surface area contributed by atoms with Gasteiger partial charge < -0.3 is 19.3 Å². The SMILES string of the molecule is Cc1cc2c(c(=O)o1)[C@@H](c1ccc(-c3cc([N+](=O)[O-])ccc3Cl)o1)C(C#N)=C(N)O2. The van der Waals surface area contributed by atoms with Crippen molar-refractivity contribution >= 4 is 17.3 Å². The van der Waals surface area contributed by atoms with Crippen molar-refractivity contribution in [3.63, 3.8) is 0 Å². The van der Waals surface area contributed by atoms with Crippen LogP contribution in [0.3, 0.4) is 0 Å². The van der Waals surface area contributed by atoms with Gasteiger partial charge in [0, 0.05) is 23.8 Å². The van der Waals surface area contributed by atoms with Crippen LogP contribution in [0.1, 0.15) is 23.0 Å². The predicted octanol–water partition coefficient (Wildman–Crippen LogP) is 3.99. The minimum atomic E-state index is -0.971. The number of nitriles is 1. The Labute approximate surface area is 173 Å². The normalized spacial score (nSPS) is 15.3. The van der Waals surface area contributed by atoms with Crippen LogP contribution in [0.5, 0.6) is 5.75 Å². The van der Waals surface area contributed by atoms with Crippen molar-refractivity contribution in [2.45, 2.75) is 12.8 Å². The molecule has 1 atom stereocenters. The maximum absolute atomic E-state index is 12.5. The number of nitrogens with zero attached hydrogens (tertiary/aromatic N) is 2. The Hall–Kier alpha value is -4.03. The maximum Gasteiger partial charge on any atom is 0.344 e. The molecule has 2 N–H and O–H groups in total. The molecule has 2 aromatic heterocycles. The summed E-state index contributed by atoms with van der Waals surface area (Å²) in [5, 5.41) is 20.9. The van der Waals surface area contributed by atoms with Gasteiger partial charge in [-0.2, -0.15) is 5.26 Å². The molecule has 3 heterocycles. The standard InChI is InChI=1S/C20H12ClN3O6/c1-9-6-16-18(20(25)28-9)17(12(8-22)19(23)30-16)15-5-4-14(29-15)11-7-10(24(26)27)2-3-13(11)21/h2-7,17H,23H2,1H3/t17-/m1/s1. The molecule has 0 bridgehead atoms. The first-order valence-electron chi connectivity index (χ1n) is 8.56. The van der Waals surface area contributed by atoms with E-state index in [2.05, 4.69) is 0 Å². The van der Waals surface area contributed by atoms with Crippen molar-refractivity contribution in [2.75, 3.05) is 0 Å². The number of aryl methyl sites for hydroxylation is 1. The smallest absolute Gasteiger partial charge is 0.344 e. The number of allylic oxidation sites excluding steroid dienone is 1. The number of nitro groups is 1. The largest absolute Gasteiger partial charge is 0.460 e. The van der Waals surface area contributed by atoms with Gasteiger partial charge in [0.1, 0.15) is 34.7 Å². The maximum atomic E-state index is 12.5. The molecule has 150 valence electrons. The zero-order chi connectivity index (χ0) is 21.6. The van der Waals surface area contributed by atoms with Gasteiger partial charge in [-0.25, -0.2) is 4.79 Å². The van der Waals surface area contributed by atoms with Crippen molar-refractivity contribution in [1.29, 1.82) is 5.26 Å². The van der Waals surface area contributed by atoms with Crippen LogP contribution in [0.2, 0.25) is 5.02 Å². The summed E-state index contributed by atoms with van der Waals surface area (Å²) in [5.41, 5.74) is 5.37. The lowest BCUT2D eigenvalue weighted by atomic mass is 9.88. The lowest BCUT2D eigenvalue weighted by molar-refractivity contribution is -0.384. The monoisotopic (exact) mass is 425 g/mol. The van der Waals surface area contributed by atoms with Crippen LogP contribution in [0.15, 0.2) is 61.5 Å². The lowest BCUT2D eigenvalue weighted by Gasteiger charge is -2.23. The van der Waals surface area contributed by atoms with Crippen molar-refractivity contribution in [1.82, 2.24) is 0 Å². The Morgan fingerprint density at radius 1 is 1.23 bits per heavy atom. The van der Waals surface area contributed by atoms with Crippen LogP contribution in [-0.2, 0) is 0 Å². The average molecular weight is 426 g/mol. The number of fused-ring (bicyclic) bond motifs is 1. The number of benzene rings is 1. The van der Waals surface area contributed by atoms with E-state index in [1.54, 1.807) is 6.92 Å². The van der Waals surface area contributed by atoms with Gasteiger partial charge in [0.05, 0.1) is 21.4 Å². The summed E-state index contributed by atoms with van der Waals surface area (Å²) in [7, 11) is 0. The summed E-state index contributed by atoms with van der Waals surface area (Å²) in [6.45, 7) is 1.58. The van der Waals surface area contributed by atoms with Crippen LogP contribution in [0.4, 0.5) is 5.69 Å². The number of rotatable bonds is 3. The van der Waals surface area contributed by atoms with Crippen LogP contribution >= 0.6 is 11.6 Å². The highest BCUT2D eigenvalue weighted by molar-refractivity contribution is 6.33. The van der Waals surface area contributed by atoms with E-state index in [-0.39, 0.29) is 50.6 Å². The molecule has 0 radical (unpaired) electrons. The zero-order valence-electron chi connectivity index (χ0n) is 15.3. The van der Waals surface area contributed by atoms with Gasteiger partial charge in [0.25, 0.3) is 5.69 Å². The molecule has 0 fully saturated rings. The van der Waals surface area contributed by atoms with E-state index < -0.39 is 16.5 Å². The summed E-state index contributed by atoms with van der Waals surface area (Å²) < 4.78 is 16.5. The Bertz CT molecular complexity index is 1330. The first-order chi connectivity index (χ1) is 14.3. The fraction of sp³-hybridized carbons (Fsp3) is 0.100. The van der Waals surface area contributed by atoms with E-state index in [0.29, 0.717) is 5.76 Å². The molecule has 0 unspecified atom stereocenters. The van der Waals surface area contributed by atoms with Gasteiger partial charge >= 0.3 is 5.63 Å². The molecule has 9 nitrogen and oxygen atoms in total. The molecular weight excluding hydrogens is 414 g/mol. The van der Waals surface area contributed by atoms with Gasteiger partial charge in [-0.05, 0) is 25.1 Å². The second kappa shape index (κ2) is 7.09. The molecule has 0 saturated heterocycles. The molecule has 0 saturated carbocycles. The third-order valence-corrected chi connectivity index (χ3v) is 4.92. The van der Waals surface area contributed by atoms with Crippen LogP contribution in [-0.4, -0.2) is 4.92 Å². The topological polar surface area (TPSA) is 146 Å². The second-order valence-electron chi connectivity index (χ2n) is 6.47. The summed E-state index contributed by atoms with van der Waals surface area (Å²) in [6.07, 6.45) is 0. The Balaban J connectivity index is 1.88. The molecule has 30 heavy (non-hydrogen) atoms. The molecule has 10 heteroatoms. The van der Waals surface area contributed by atoms with Crippen molar-refractivity contribution in [2.24, 2.45) is 5.73 Å². The summed E-state index contributed by atoms with van der Waals surface area (Å²) in [6, 6.07) is 10.4. The molecule has 0 amide bonds. The third kappa shape index (κ3) is 3.09. The number of hydrogen-bond donors (Lipinski definition) is 1. The summed E-state index contributed by atoms with van der Waals surface area (Å²) in [5.74, 6) is -0.231. The number of ether oxygens (including phenoxy) is 1. The Kier molecular flexibility index (Phi) is 4.56. The van der Waals surface area contributed by atoms with E-state index in [4.69, 9.17) is 30.9 Å². The average Bonchev–Trinajstić information content (AvgIpc) is 3.16. The minimum Gasteiger partial charge on any atom is -0.460 e. The first kappa shape index (κ1) is 19.3. The fourth-order valence-electron chi connectivity index (χ4n) is 3.27. The van der Waals surface area contributed by atoms with Crippen LogP contribution < -0.4 is 16.1 Å². The van der Waals surface area contributed by atoms with E-state index in [9.17, 15) is 20.2 Å². The van der Waals surface area contributed by atoms with Gasteiger partial charge in [-0.3, -0.25) is 10.1 Å². The fourth-order valence-corrected chi connectivity index (χ4v) is 3.48. The second-order valence-corrected chi connectivity index (χ2v) is 6.88. The number of non-ortho nitro benzene ring substituents is 1. The van der Waals surface area contributed by atoms with Crippen molar-refractivity contribution < 1.29 is 18.5 Å². The number of nitro benzene ring substituents is 1. The molecular formula is C20H12ClN3O6. The predicted molar refractivity (Wildman–Crippen MR) is 105 cm³/mol. The third-order valence-electron chi connectivity index (χ3n) is 4.59. The highest BCUT2D eigenvalue weighted by atomic mass is 35.5. The molecule has 1 aromatic carbocycles. The first-order valence-corrected chi connectivity index (χ1v) is 8.94.